The van der Waals surface area contributed by atoms with E-state index in [-0.39, 0.29) is 5.91 Å². The first-order chi connectivity index (χ1) is 8.08. The Bertz CT molecular complexity index is 432. The minimum absolute atomic E-state index is 0.0226. The van der Waals surface area contributed by atoms with E-state index in [1.807, 2.05) is 19.2 Å². The number of likely N-dealkylation sites (N-methyl/N-ethyl adjacent to an activating group) is 1. The molecule has 17 heavy (non-hydrogen) atoms. The van der Waals surface area contributed by atoms with Gasteiger partial charge in [0.15, 0.2) is 0 Å². The SMILES string of the molecule is CN(CC(=O)NC1CC1)c1cccc(Cl)c1N. The van der Waals surface area contributed by atoms with Crippen LogP contribution in [-0.4, -0.2) is 25.5 Å². The lowest BCUT2D eigenvalue weighted by molar-refractivity contribution is -0.119. The van der Waals surface area contributed by atoms with E-state index in [0.29, 0.717) is 23.3 Å². The number of rotatable bonds is 4. The number of nitrogens with two attached hydrogens (primary N) is 1. The van der Waals surface area contributed by atoms with Crippen molar-refractivity contribution in [3.8, 4) is 0 Å². The maximum absolute atomic E-state index is 11.6. The van der Waals surface area contributed by atoms with E-state index in [2.05, 4.69) is 5.32 Å². The largest absolute Gasteiger partial charge is 0.396 e. The summed E-state index contributed by atoms with van der Waals surface area (Å²) in [6.45, 7) is 0.293. The van der Waals surface area contributed by atoms with Crippen LogP contribution in [0.15, 0.2) is 18.2 Å². The lowest BCUT2D eigenvalue weighted by atomic mass is 10.2. The second-order valence-electron chi connectivity index (χ2n) is 4.37. The van der Waals surface area contributed by atoms with Gasteiger partial charge in [0.05, 0.1) is 22.9 Å². The molecule has 0 saturated heterocycles. The molecule has 0 bridgehead atoms. The fourth-order valence-electron chi connectivity index (χ4n) is 1.66. The van der Waals surface area contributed by atoms with Crippen molar-refractivity contribution in [2.45, 2.75) is 18.9 Å². The summed E-state index contributed by atoms with van der Waals surface area (Å²) in [7, 11) is 1.83. The number of nitrogens with one attached hydrogen (secondary N) is 1. The zero-order valence-electron chi connectivity index (χ0n) is 9.74. The summed E-state index contributed by atoms with van der Waals surface area (Å²) in [4.78, 5) is 13.5. The number of carbonyl (C=O) groups excluding carboxylic acids is 1. The van der Waals surface area contributed by atoms with Crippen LogP contribution in [0.4, 0.5) is 11.4 Å². The Morgan fingerprint density at radius 1 is 1.59 bits per heavy atom. The smallest absolute Gasteiger partial charge is 0.239 e. The van der Waals surface area contributed by atoms with Crippen molar-refractivity contribution in [2.75, 3.05) is 24.2 Å². The van der Waals surface area contributed by atoms with E-state index in [1.54, 1.807) is 11.0 Å². The van der Waals surface area contributed by atoms with Crippen LogP contribution in [-0.2, 0) is 4.79 Å². The van der Waals surface area contributed by atoms with Gasteiger partial charge in [0.25, 0.3) is 0 Å². The van der Waals surface area contributed by atoms with Crippen molar-refractivity contribution in [3.05, 3.63) is 23.2 Å². The fraction of sp³-hybridized carbons (Fsp3) is 0.417. The summed E-state index contributed by atoms with van der Waals surface area (Å²) in [5.74, 6) is 0.0226. The Morgan fingerprint density at radius 3 is 2.94 bits per heavy atom. The van der Waals surface area contributed by atoms with Crippen molar-refractivity contribution in [2.24, 2.45) is 0 Å². The second-order valence-corrected chi connectivity index (χ2v) is 4.78. The molecule has 0 heterocycles. The molecule has 1 aromatic rings. The predicted molar refractivity (Wildman–Crippen MR) is 70.3 cm³/mol. The minimum atomic E-state index is 0.0226. The second kappa shape index (κ2) is 4.84. The van der Waals surface area contributed by atoms with Gasteiger partial charge in [-0.25, -0.2) is 0 Å². The third kappa shape index (κ3) is 3.03. The minimum Gasteiger partial charge on any atom is -0.396 e. The fourth-order valence-corrected chi connectivity index (χ4v) is 1.83. The zero-order valence-corrected chi connectivity index (χ0v) is 10.5. The molecule has 2 rings (SSSR count). The normalized spacial score (nSPS) is 14.5. The molecule has 0 aromatic heterocycles. The number of amides is 1. The molecule has 0 atom stereocenters. The van der Waals surface area contributed by atoms with Crippen LogP contribution < -0.4 is 16.0 Å². The molecule has 0 unspecified atom stereocenters. The Morgan fingerprint density at radius 2 is 2.29 bits per heavy atom. The molecule has 1 fully saturated rings. The van der Waals surface area contributed by atoms with Crippen LogP contribution in [0.25, 0.3) is 0 Å². The zero-order chi connectivity index (χ0) is 12.4. The average Bonchev–Trinajstić information content (AvgIpc) is 3.05. The third-order valence-corrected chi connectivity index (χ3v) is 3.09. The maximum atomic E-state index is 11.6. The highest BCUT2D eigenvalue weighted by atomic mass is 35.5. The van der Waals surface area contributed by atoms with E-state index in [9.17, 15) is 4.79 Å². The molecule has 0 radical (unpaired) electrons. The lowest BCUT2D eigenvalue weighted by Crippen LogP contribution is -2.36. The molecule has 3 N–H and O–H groups in total. The maximum Gasteiger partial charge on any atom is 0.239 e. The average molecular weight is 254 g/mol. The van der Waals surface area contributed by atoms with Crippen LogP contribution >= 0.6 is 11.6 Å². The van der Waals surface area contributed by atoms with E-state index in [1.165, 1.54) is 0 Å². The monoisotopic (exact) mass is 253 g/mol. The van der Waals surface area contributed by atoms with Gasteiger partial charge in [-0.3, -0.25) is 4.79 Å². The van der Waals surface area contributed by atoms with Gasteiger partial charge in [-0.15, -0.1) is 0 Å². The summed E-state index contributed by atoms with van der Waals surface area (Å²) >= 11 is 5.94. The molecule has 92 valence electrons. The van der Waals surface area contributed by atoms with Crippen LogP contribution in [0.3, 0.4) is 0 Å². The standard InChI is InChI=1S/C12H16ClN3O/c1-16(7-11(17)15-8-5-6-8)10-4-2-3-9(13)12(10)14/h2-4,8H,5-7,14H2,1H3,(H,15,17). The number of benzene rings is 1. The quantitative estimate of drug-likeness (QED) is 0.802. The van der Waals surface area contributed by atoms with E-state index in [4.69, 9.17) is 17.3 Å². The van der Waals surface area contributed by atoms with Crippen molar-refractivity contribution in [1.29, 1.82) is 0 Å². The summed E-state index contributed by atoms with van der Waals surface area (Å²) < 4.78 is 0. The number of hydrogen-bond acceptors (Lipinski definition) is 3. The first-order valence-corrected chi connectivity index (χ1v) is 6.00. The Labute approximate surface area is 106 Å². The van der Waals surface area contributed by atoms with Gasteiger partial charge in [0.2, 0.25) is 5.91 Å². The third-order valence-electron chi connectivity index (χ3n) is 2.76. The highest BCUT2D eigenvalue weighted by molar-refractivity contribution is 6.33. The lowest BCUT2D eigenvalue weighted by Gasteiger charge is -2.21. The van der Waals surface area contributed by atoms with Crippen LogP contribution in [0.1, 0.15) is 12.8 Å². The van der Waals surface area contributed by atoms with Gasteiger partial charge in [-0.05, 0) is 25.0 Å². The summed E-state index contributed by atoms with van der Waals surface area (Å²) in [5, 5.41) is 3.45. The van der Waals surface area contributed by atoms with Gasteiger partial charge >= 0.3 is 0 Å². The number of para-hydroxylation sites is 1. The first kappa shape index (κ1) is 12.0. The Hall–Kier alpha value is -1.42. The molecule has 0 aliphatic heterocycles. The topological polar surface area (TPSA) is 58.4 Å². The van der Waals surface area contributed by atoms with E-state index >= 15 is 0 Å². The number of hydrogen-bond donors (Lipinski definition) is 2. The predicted octanol–water partition coefficient (Wildman–Crippen LogP) is 1.64. The van der Waals surface area contributed by atoms with Crippen LogP contribution in [0, 0.1) is 0 Å². The molecule has 5 heteroatoms. The molecule has 1 aliphatic rings. The highest BCUT2D eigenvalue weighted by Crippen LogP contribution is 2.29. The van der Waals surface area contributed by atoms with Gasteiger partial charge in [0.1, 0.15) is 0 Å². The molecular weight excluding hydrogens is 238 g/mol. The molecule has 0 spiro atoms. The number of carbonyl (C=O) groups is 1. The summed E-state index contributed by atoms with van der Waals surface area (Å²) in [5.41, 5.74) is 7.16. The molecule has 1 aromatic carbocycles. The Balaban J connectivity index is 2.00. The molecule has 1 aliphatic carbocycles. The van der Waals surface area contributed by atoms with Crippen molar-refractivity contribution in [3.63, 3.8) is 0 Å². The highest BCUT2D eigenvalue weighted by Gasteiger charge is 2.23. The summed E-state index contributed by atoms with van der Waals surface area (Å²) in [6.07, 6.45) is 2.18. The molecule has 1 amide bonds. The Kier molecular flexibility index (Phi) is 3.43. The molecule has 1 saturated carbocycles. The molecular formula is C12H16ClN3O. The van der Waals surface area contributed by atoms with Gasteiger partial charge in [-0.2, -0.15) is 0 Å². The van der Waals surface area contributed by atoms with E-state index in [0.717, 1.165) is 18.5 Å². The van der Waals surface area contributed by atoms with E-state index < -0.39 is 0 Å². The van der Waals surface area contributed by atoms with Gasteiger partial charge in [0, 0.05) is 13.1 Å². The van der Waals surface area contributed by atoms with Gasteiger partial charge in [-0.1, -0.05) is 17.7 Å². The first-order valence-electron chi connectivity index (χ1n) is 5.62. The van der Waals surface area contributed by atoms with Gasteiger partial charge < -0.3 is 16.0 Å². The number of anilines is 2. The molecule has 4 nitrogen and oxygen atoms in total. The van der Waals surface area contributed by atoms with Crippen molar-refractivity contribution < 1.29 is 4.79 Å². The summed E-state index contributed by atoms with van der Waals surface area (Å²) in [6, 6.07) is 5.79. The number of nitrogens with zero attached hydrogens (tertiary/aromatic N) is 1. The van der Waals surface area contributed by atoms with Crippen LogP contribution in [0.5, 0.6) is 0 Å². The van der Waals surface area contributed by atoms with Crippen molar-refractivity contribution >= 4 is 28.9 Å². The van der Waals surface area contributed by atoms with Crippen LogP contribution in [0.2, 0.25) is 5.02 Å². The number of halogens is 1. The number of nitrogen functional groups attached to an aromatic ring is 1. The van der Waals surface area contributed by atoms with Crippen molar-refractivity contribution in [1.82, 2.24) is 5.32 Å².